The maximum absolute atomic E-state index is 12.4. The summed E-state index contributed by atoms with van der Waals surface area (Å²) in [5, 5.41) is 6.55. The first kappa shape index (κ1) is 17.2. The molecule has 0 aliphatic rings. The summed E-state index contributed by atoms with van der Waals surface area (Å²) in [4.78, 5) is 20.8. The summed E-state index contributed by atoms with van der Waals surface area (Å²) in [6.07, 6.45) is 0. The van der Waals surface area contributed by atoms with Crippen molar-refractivity contribution in [2.45, 2.75) is 13.8 Å². The molecule has 0 unspecified atom stereocenters. The molecule has 0 fully saturated rings. The molecule has 1 aromatic heterocycles. The van der Waals surface area contributed by atoms with Crippen molar-refractivity contribution in [3.63, 3.8) is 0 Å². The zero-order valence-corrected chi connectivity index (χ0v) is 14.1. The number of benzene rings is 1. The van der Waals surface area contributed by atoms with Crippen molar-refractivity contribution >= 4 is 29.0 Å². The molecule has 2 rings (SSSR count). The largest absolute Gasteiger partial charge is 0.383 e. The van der Waals surface area contributed by atoms with Crippen LogP contribution in [0.5, 0.6) is 0 Å². The molecule has 0 saturated heterocycles. The molecule has 0 radical (unpaired) electrons. The molecule has 0 aliphatic heterocycles. The van der Waals surface area contributed by atoms with E-state index in [0.29, 0.717) is 41.2 Å². The number of halogens is 1. The number of methoxy groups -OCH3 is 1. The van der Waals surface area contributed by atoms with Crippen LogP contribution in [0.3, 0.4) is 0 Å². The van der Waals surface area contributed by atoms with Crippen molar-refractivity contribution in [1.29, 1.82) is 0 Å². The van der Waals surface area contributed by atoms with E-state index < -0.39 is 0 Å². The number of rotatable bonds is 6. The maximum atomic E-state index is 12.4. The minimum Gasteiger partial charge on any atom is -0.383 e. The van der Waals surface area contributed by atoms with Crippen LogP contribution in [0.25, 0.3) is 0 Å². The zero-order valence-electron chi connectivity index (χ0n) is 13.3. The second-order valence-corrected chi connectivity index (χ2v) is 5.46. The molecular formula is C16H19ClN4O2. The van der Waals surface area contributed by atoms with Crippen LogP contribution >= 0.6 is 11.6 Å². The van der Waals surface area contributed by atoms with Crippen LogP contribution in [0.1, 0.15) is 21.9 Å². The second-order valence-electron chi connectivity index (χ2n) is 5.02. The molecule has 6 nitrogen and oxygen atoms in total. The van der Waals surface area contributed by atoms with Gasteiger partial charge in [-0.25, -0.2) is 9.97 Å². The number of anilines is 2. The zero-order chi connectivity index (χ0) is 16.8. The molecule has 1 heterocycles. The highest BCUT2D eigenvalue weighted by atomic mass is 35.5. The van der Waals surface area contributed by atoms with Gasteiger partial charge in [0.05, 0.1) is 6.61 Å². The number of carbonyl (C=O) groups is 1. The van der Waals surface area contributed by atoms with E-state index in [-0.39, 0.29) is 5.91 Å². The molecule has 0 saturated carbocycles. The quantitative estimate of drug-likeness (QED) is 0.794. The van der Waals surface area contributed by atoms with Crippen LogP contribution in [0.15, 0.2) is 24.3 Å². The third kappa shape index (κ3) is 4.91. The second kappa shape index (κ2) is 7.89. The van der Waals surface area contributed by atoms with Crippen molar-refractivity contribution in [2.75, 3.05) is 30.9 Å². The Morgan fingerprint density at radius 1 is 1.26 bits per heavy atom. The molecule has 2 aromatic rings. The van der Waals surface area contributed by atoms with E-state index in [0.717, 1.165) is 5.56 Å². The van der Waals surface area contributed by atoms with Crippen molar-refractivity contribution in [1.82, 2.24) is 9.97 Å². The van der Waals surface area contributed by atoms with Gasteiger partial charge in [-0.1, -0.05) is 11.6 Å². The lowest BCUT2D eigenvalue weighted by Gasteiger charge is -2.10. The van der Waals surface area contributed by atoms with Crippen molar-refractivity contribution in [3.8, 4) is 0 Å². The van der Waals surface area contributed by atoms with E-state index in [1.807, 2.05) is 6.92 Å². The van der Waals surface area contributed by atoms with Crippen LogP contribution < -0.4 is 10.6 Å². The number of nitrogens with one attached hydrogen (secondary N) is 2. The van der Waals surface area contributed by atoms with Gasteiger partial charge < -0.3 is 15.4 Å². The molecule has 1 amide bonds. The first-order valence-corrected chi connectivity index (χ1v) is 7.53. The fourth-order valence-electron chi connectivity index (χ4n) is 2.01. The van der Waals surface area contributed by atoms with E-state index in [1.165, 1.54) is 0 Å². The normalized spacial score (nSPS) is 10.4. The standard InChI is InChI=1S/C16H19ClN4O2/c1-10-8-12(17)4-5-13(10)21-16(22)14-9-15(18-6-7-23-3)20-11(2)19-14/h4-5,8-9H,6-7H2,1-3H3,(H,21,22)(H,18,19,20). The SMILES string of the molecule is COCCNc1cc(C(=O)Nc2ccc(Cl)cc2C)nc(C)n1. The summed E-state index contributed by atoms with van der Waals surface area (Å²) in [7, 11) is 1.63. The number of hydrogen-bond donors (Lipinski definition) is 2. The number of nitrogens with zero attached hydrogens (tertiary/aromatic N) is 2. The molecule has 7 heteroatoms. The van der Waals surface area contributed by atoms with Gasteiger partial charge in [-0.15, -0.1) is 0 Å². The van der Waals surface area contributed by atoms with E-state index in [2.05, 4.69) is 20.6 Å². The van der Waals surface area contributed by atoms with Crippen LogP contribution in [-0.4, -0.2) is 36.1 Å². The number of hydrogen-bond acceptors (Lipinski definition) is 5. The number of aryl methyl sites for hydroxylation is 2. The van der Waals surface area contributed by atoms with Gasteiger partial charge in [0, 0.05) is 30.4 Å². The minimum atomic E-state index is -0.296. The Kier molecular flexibility index (Phi) is 5.90. The molecule has 0 spiro atoms. The van der Waals surface area contributed by atoms with Crippen LogP contribution in [-0.2, 0) is 4.74 Å². The van der Waals surface area contributed by atoms with Gasteiger partial charge in [-0.3, -0.25) is 4.79 Å². The highest BCUT2D eigenvalue weighted by molar-refractivity contribution is 6.30. The molecule has 0 bridgehead atoms. The van der Waals surface area contributed by atoms with Gasteiger partial charge in [-0.05, 0) is 37.6 Å². The molecule has 1 aromatic carbocycles. The van der Waals surface area contributed by atoms with E-state index in [4.69, 9.17) is 16.3 Å². The van der Waals surface area contributed by atoms with Crippen molar-refractivity contribution < 1.29 is 9.53 Å². The average molecular weight is 335 g/mol. The summed E-state index contributed by atoms with van der Waals surface area (Å²) < 4.78 is 4.98. The van der Waals surface area contributed by atoms with Crippen LogP contribution in [0, 0.1) is 13.8 Å². The molecule has 0 aliphatic carbocycles. The average Bonchev–Trinajstić information content (AvgIpc) is 2.50. The summed E-state index contributed by atoms with van der Waals surface area (Å²) in [5.74, 6) is 0.814. The van der Waals surface area contributed by atoms with Crippen LogP contribution in [0.4, 0.5) is 11.5 Å². The predicted molar refractivity (Wildman–Crippen MR) is 91.3 cm³/mol. The fraction of sp³-hybridized carbons (Fsp3) is 0.312. The number of amides is 1. The monoisotopic (exact) mass is 334 g/mol. The van der Waals surface area contributed by atoms with Gasteiger partial charge in [0.2, 0.25) is 0 Å². The van der Waals surface area contributed by atoms with E-state index >= 15 is 0 Å². The lowest BCUT2D eigenvalue weighted by atomic mass is 10.2. The highest BCUT2D eigenvalue weighted by Crippen LogP contribution is 2.20. The molecule has 122 valence electrons. The van der Waals surface area contributed by atoms with E-state index in [9.17, 15) is 4.79 Å². The Morgan fingerprint density at radius 3 is 2.74 bits per heavy atom. The highest BCUT2D eigenvalue weighted by Gasteiger charge is 2.12. The third-order valence-corrected chi connectivity index (χ3v) is 3.35. The van der Waals surface area contributed by atoms with Gasteiger partial charge in [0.1, 0.15) is 17.3 Å². The van der Waals surface area contributed by atoms with Gasteiger partial charge >= 0.3 is 0 Å². The van der Waals surface area contributed by atoms with Crippen molar-refractivity contribution in [2.24, 2.45) is 0 Å². The minimum absolute atomic E-state index is 0.296. The summed E-state index contributed by atoms with van der Waals surface area (Å²) in [6, 6.07) is 6.90. The summed E-state index contributed by atoms with van der Waals surface area (Å²) >= 11 is 5.92. The number of ether oxygens (including phenoxy) is 1. The van der Waals surface area contributed by atoms with E-state index in [1.54, 1.807) is 38.3 Å². The predicted octanol–water partition coefficient (Wildman–Crippen LogP) is 3.06. The lowest BCUT2D eigenvalue weighted by molar-refractivity contribution is 0.102. The number of carbonyl (C=O) groups excluding carboxylic acids is 1. The molecule has 0 atom stereocenters. The Bertz CT molecular complexity index is 706. The number of aromatic nitrogens is 2. The Labute approximate surface area is 140 Å². The smallest absolute Gasteiger partial charge is 0.274 e. The van der Waals surface area contributed by atoms with Gasteiger partial charge in [-0.2, -0.15) is 0 Å². The first-order chi connectivity index (χ1) is 11.0. The third-order valence-electron chi connectivity index (χ3n) is 3.12. The molecular weight excluding hydrogens is 316 g/mol. The Morgan fingerprint density at radius 2 is 2.04 bits per heavy atom. The molecule has 2 N–H and O–H groups in total. The topological polar surface area (TPSA) is 76.1 Å². The lowest BCUT2D eigenvalue weighted by Crippen LogP contribution is -2.17. The summed E-state index contributed by atoms with van der Waals surface area (Å²) in [5.41, 5.74) is 1.88. The van der Waals surface area contributed by atoms with Gasteiger partial charge in [0.15, 0.2) is 0 Å². The Hall–Kier alpha value is -2.18. The van der Waals surface area contributed by atoms with Crippen molar-refractivity contribution in [3.05, 3.63) is 46.4 Å². The first-order valence-electron chi connectivity index (χ1n) is 7.15. The van der Waals surface area contributed by atoms with Crippen LogP contribution in [0.2, 0.25) is 5.02 Å². The Balaban J connectivity index is 2.15. The fourth-order valence-corrected chi connectivity index (χ4v) is 2.24. The summed E-state index contributed by atoms with van der Waals surface area (Å²) in [6.45, 7) is 4.77. The maximum Gasteiger partial charge on any atom is 0.274 e. The van der Waals surface area contributed by atoms with Gasteiger partial charge in [0.25, 0.3) is 5.91 Å². The molecule has 23 heavy (non-hydrogen) atoms.